The molecular formula is C54H57F3N6O2S. The second kappa shape index (κ2) is 16.5. The van der Waals surface area contributed by atoms with Gasteiger partial charge in [-0.15, -0.1) is 21.5 Å². The summed E-state index contributed by atoms with van der Waals surface area (Å²) in [6, 6.07) is 23.1. The molecule has 3 fully saturated rings. The van der Waals surface area contributed by atoms with Crippen LogP contribution in [-0.4, -0.2) is 73.9 Å². The number of phenolic OH excluding ortho intramolecular Hbond substituents is 1. The summed E-state index contributed by atoms with van der Waals surface area (Å²) >= 11 is 1.78. The van der Waals surface area contributed by atoms with Crippen LogP contribution in [0.5, 0.6) is 5.75 Å². The number of aryl methyl sites for hydroxylation is 3. The van der Waals surface area contributed by atoms with E-state index >= 15 is 8.78 Å². The lowest BCUT2D eigenvalue weighted by molar-refractivity contribution is -0.0649. The van der Waals surface area contributed by atoms with E-state index in [4.69, 9.17) is 4.99 Å². The van der Waals surface area contributed by atoms with E-state index in [0.29, 0.717) is 24.9 Å². The molecule has 0 bridgehead atoms. The first kappa shape index (κ1) is 43.3. The van der Waals surface area contributed by atoms with Crippen LogP contribution in [0.25, 0.3) is 5.00 Å². The van der Waals surface area contributed by atoms with Crippen molar-refractivity contribution in [1.29, 1.82) is 0 Å². The van der Waals surface area contributed by atoms with E-state index in [-0.39, 0.29) is 40.4 Å². The van der Waals surface area contributed by atoms with Crippen molar-refractivity contribution in [3.63, 3.8) is 0 Å². The fraction of sp³-hybridized carbons (Fsp3) is 0.426. The molecule has 3 atom stereocenters. The highest BCUT2D eigenvalue weighted by molar-refractivity contribution is 7.15. The molecule has 5 heterocycles. The van der Waals surface area contributed by atoms with Gasteiger partial charge in [0.1, 0.15) is 40.1 Å². The first-order valence-corrected chi connectivity index (χ1v) is 24.5. The monoisotopic (exact) mass is 910 g/mol. The minimum absolute atomic E-state index is 0.0131. The number of aliphatic hydroxyl groups is 1. The summed E-state index contributed by atoms with van der Waals surface area (Å²) < 4.78 is 49.0. The summed E-state index contributed by atoms with van der Waals surface area (Å²) in [4.78, 5) is 11.3. The van der Waals surface area contributed by atoms with Gasteiger partial charge in [0, 0.05) is 58.2 Å². The Labute approximate surface area is 388 Å². The summed E-state index contributed by atoms with van der Waals surface area (Å²) in [6.45, 7) is 12.6. The zero-order valence-corrected chi connectivity index (χ0v) is 38.9. The van der Waals surface area contributed by atoms with E-state index in [1.807, 2.05) is 6.92 Å². The van der Waals surface area contributed by atoms with Crippen LogP contribution in [0.4, 0.5) is 18.9 Å². The van der Waals surface area contributed by atoms with Gasteiger partial charge in [0.05, 0.1) is 11.3 Å². The highest BCUT2D eigenvalue weighted by Gasteiger charge is 2.49. The first-order chi connectivity index (χ1) is 31.7. The fourth-order valence-corrected chi connectivity index (χ4v) is 13.4. The Balaban J connectivity index is 0.708. The van der Waals surface area contributed by atoms with Crippen molar-refractivity contribution in [2.75, 3.05) is 37.6 Å². The van der Waals surface area contributed by atoms with E-state index in [0.717, 1.165) is 109 Å². The molecule has 6 aromatic rings. The number of β-amino-alcohol motifs (C(OH)–C–C–N with tert-alkyl or cyclic N) is 1. The molecule has 342 valence electrons. The quantitative estimate of drug-likeness (QED) is 0.166. The van der Waals surface area contributed by atoms with Crippen LogP contribution < -0.4 is 4.90 Å². The maximum Gasteiger partial charge on any atom is 0.162 e. The Morgan fingerprint density at radius 3 is 2.20 bits per heavy atom. The SMILES string of the molecule is Cc1sc2c(c1C)C(c1ccc(N3CC4(CCC(O)(CN5CCC(c6cc(F)c([C@H]7c8ccc(O)cc8CC[C@H]7c7ccc(F)cc7)c(F)c6)CC5)CC4)C3)cc1)=N[C@@H](C)c1nnc(C)n1-2. The molecule has 2 N–H and O–H groups in total. The number of nitrogens with zero attached hydrogens (tertiary/aromatic N) is 6. The Morgan fingerprint density at radius 2 is 1.50 bits per heavy atom. The number of phenols is 1. The second-order valence-corrected chi connectivity index (χ2v) is 21.4. The van der Waals surface area contributed by atoms with E-state index in [1.165, 1.54) is 46.0 Å². The Bertz CT molecular complexity index is 2820. The lowest BCUT2D eigenvalue weighted by atomic mass is 9.64. The molecule has 5 aliphatic rings. The first-order valence-electron chi connectivity index (χ1n) is 23.7. The minimum Gasteiger partial charge on any atom is -0.508 e. The number of benzene rings is 4. The van der Waals surface area contributed by atoms with Gasteiger partial charge < -0.3 is 20.0 Å². The smallest absolute Gasteiger partial charge is 0.162 e. The number of aromatic hydroxyl groups is 1. The third-order valence-corrected chi connectivity index (χ3v) is 17.2. The Kier molecular flexibility index (Phi) is 10.8. The predicted octanol–water partition coefficient (Wildman–Crippen LogP) is 11.1. The topological polar surface area (TPSA) is 90.0 Å². The second-order valence-electron chi connectivity index (χ2n) is 20.2. The van der Waals surface area contributed by atoms with Crippen molar-refractivity contribution < 1.29 is 23.4 Å². The molecule has 2 aliphatic carbocycles. The largest absolute Gasteiger partial charge is 0.508 e. The molecular weight excluding hydrogens is 854 g/mol. The number of thiophene rings is 1. The van der Waals surface area contributed by atoms with Crippen LogP contribution >= 0.6 is 11.3 Å². The van der Waals surface area contributed by atoms with Crippen molar-refractivity contribution in [1.82, 2.24) is 19.7 Å². The number of anilines is 1. The lowest BCUT2D eigenvalue weighted by Crippen LogP contribution is -2.60. The number of hydrogen-bond donors (Lipinski definition) is 2. The standard InChI is InChI=1S/C54H57F3N6O2S/c1-31-33(3)66-52-47(31)50(58-32(2)51-60-59-34(4)63(51)52)37-7-12-41(13-8-37)62-28-53(29-62)19-21-54(65,22-20-53)30-61-23-17-35(18-24-61)39-26-45(56)49(46(57)27-39)48-43(36-5-10-40(55)11-6-36)15-9-38-25-42(64)14-16-44(38)48/h5-8,10-14,16,25-27,32,35,43,48,64-65H,9,15,17-24,28-30H2,1-4H3/t32-,43-,48+/m0/s1. The van der Waals surface area contributed by atoms with Crippen LogP contribution in [-0.2, 0) is 6.42 Å². The zero-order valence-electron chi connectivity index (χ0n) is 38.1. The molecule has 66 heavy (non-hydrogen) atoms. The molecule has 1 spiro atoms. The third-order valence-electron chi connectivity index (χ3n) is 16.0. The van der Waals surface area contributed by atoms with Gasteiger partial charge in [0.2, 0.25) is 0 Å². The van der Waals surface area contributed by atoms with Gasteiger partial charge >= 0.3 is 0 Å². The van der Waals surface area contributed by atoms with E-state index < -0.39 is 23.2 Å². The van der Waals surface area contributed by atoms with Gasteiger partial charge in [-0.25, -0.2) is 13.2 Å². The highest BCUT2D eigenvalue weighted by atomic mass is 32.1. The molecule has 11 rings (SSSR count). The molecule has 0 unspecified atom stereocenters. The molecule has 2 aromatic heterocycles. The molecule has 12 heteroatoms. The molecule has 8 nitrogen and oxygen atoms in total. The molecule has 1 saturated carbocycles. The normalized spacial score (nSPS) is 22.6. The predicted molar refractivity (Wildman–Crippen MR) is 254 cm³/mol. The number of rotatable bonds is 7. The molecule has 0 radical (unpaired) electrons. The summed E-state index contributed by atoms with van der Waals surface area (Å²) in [7, 11) is 0. The Hall–Kier alpha value is -5.30. The third kappa shape index (κ3) is 7.57. The van der Waals surface area contributed by atoms with Crippen LogP contribution in [0.3, 0.4) is 0 Å². The number of aliphatic imine (C=N–C) groups is 1. The number of hydrogen-bond acceptors (Lipinski definition) is 8. The van der Waals surface area contributed by atoms with Gasteiger partial charge in [-0.1, -0.05) is 30.3 Å². The van der Waals surface area contributed by atoms with Gasteiger partial charge in [-0.05, 0) is 180 Å². The van der Waals surface area contributed by atoms with Crippen molar-refractivity contribution in [3.05, 3.63) is 157 Å². The summed E-state index contributed by atoms with van der Waals surface area (Å²) in [5.41, 5.74) is 8.42. The lowest BCUT2D eigenvalue weighted by Gasteiger charge is -2.56. The van der Waals surface area contributed by atoms with Crippen LogP contribution in [0.1, 0.15) is 137 Å². The number of fused-ring (bicyclic) bond motifs is 4. The van der Waals surface area contributed by atoms with Gasteiger partial charge in [-0.2, -0.15) is 0 Å². The van der Waals surface area contributed by atoms with Gasteiger partial charge in [0.15, 0.2) is 5.82 Å². The van der Waals surface area contributed by atoms with Crippen molar-refractivity contribution >= 4 is 22.7 Å². The molecule has 2 saturated heterocycles. The average molecular weight is 911 g/mol. The van der Waals surface area contributed by atoms with Crippen LogP contribution in [0.2, 0.25) is 0 Å². The zero-order chi connectivity index (χ0) is 45.6. The maximum atomic E-state index is 16.4. The number of halogens is 3. The Morgan fingerprint density at radius 1 is 0.803 bits per heavy atom. The van der Waals surface area contributed by atoms with Crippen LogP contribution in [0.15, 0.2) is 83.9 Å². The van der Waals surface area contributed by atoms with Crippen molar-refractivity contribution in [2.24, 2.45) is 10.4 Å². The minimum atomic E-state index is -0.743. The van der Waals surface area contributed by atoms with E-state index in [2.05, 4.69) is 69.6 Å². The van der Waals surface area contributed by atoms with Gasteiger partial charge in [0.25, 0.3) is 0 Å². The molecule has 4 aromatic carbocycles. The highest BCUT2D eigenvalue weighted by Crippen LogP contribution is 2.51. The summed E-state index contributed by atoms with van der Waals surface area (Å²) in [5, 5.41) is 32.2. The fourth-order valence-electron chi connectivity index (χ4n) is 12.2. The van der Waals surface area contributed by atoms with E-state index in [9.17, 15) is 14.6 Å². The summed E-state index contributed by atoms with van der Waals surface area (Å²) in [5.74, 6) is -0.455. The van der Waals surface area contributed by atoms with E-state index in [1.54, 1.807) is 41.7 Å². The molecule has 0 amide bonds. The molecule has 3 aliphatic heterocycles. The number of aromatic nitrogens is 3. The maximum absolute atomic E-state index is 16.4. The average Bonchev–Trinajstić information content (AvgIpc) is 3.78. The summed E-state index contributed by atoms with van der Waals surface area (Å²) in [6.07, 6.45) is 6.31. The number of piperidine rings is 1. The van der Waals surface area contributed by atoms with Crippen molar-refractivity contribution in [2.45, 2.75) is 108 Å². The van der Waals surface area contributed by atoms with Gasteiger partial charge in [-0.3, -0.25) is 9.56 Å². The number of likely N-dealkylation sites (tertiary alicyclic amines) is 1. The van der Waals surface area contributed by atoms with Crippen LogP contribution in [0, 0.1) is 43.6 Å². The van der Waals surface area contributed by atoms with Crippen molar-refractivity contribution in [3.8, 4) is 10.8 Å².